The molecule has 2 rings (SSSR count). The van der Waals surface area contributed by atoms with Crippen molar-refractivity contribution in [1.82, 2.24) is 5.32 Å². The Morgan fingerprint density at radius 1 is 1.29 bits per heavy atom. The van der Waals surface area contributed by atoms with E-state index in [1.165, 1.54) is 19.3 Å². The van der Waals surface area contributed by atoms with Crippen LogP contribution in [-0.4, -0.2) is 6.54 Å². The number of nitrogen functional groups attached to an aromatic ring is 1. The Morgan fingerprint density at radius 3 is 2.35 bits per heavy atom. The van der Waals surface area contributed by atoms with Crippen LogP contribution in [-0.2, 0) is 6.54 Å². The molecule has 0 bridgehead atoms. The second kappa shape index (κ2) is 5.05. The van der Waals surface area contributed by atoms with E-state index in [1.807, 2.05) is 12.1 Å². The monoisotopic (exact) mass is 272 g/mol. The summed E-state index contributed by atoms with van der Waals surface area (Å²) >= 11 is 12.0. The van der Waals surface area contributed by atoms with Gasteiger partial charge in [0.25, 0.3) is 0 Å². The van der Waals surface area contributed by atoms with Gasteiger partial charge in [-0.25, -0.2) is 0 Å². The zero-order valence-electron chi connectivity index (χ0n) is 10.0. The number of anilines is 1. The topological polar surface area (TPSA) is 38.0 Å². The number of hydrogen-bond acceptors (Lipinski definition) is 2. The quantitative estimate of drug-likeness (QED) is 0.799. The van der Waals surface area contributed by atoms with E-state index in [0.29, 0.717) is 21.1 Å². The van der Waals surface area contributed by atoms with E-state index in [9.17, 15) is 0 Å². The van der Waals surface area contributed by atoms with Crippen LogP contribution in [0.4, 0.5) is 5.69 Å². The highest BCUT2D eigenvalue weighted by Crippen LogP contribution is 2.47. The molecule has 1 aromatic rings. The van der Waals surface area contributed by atoms with E-state index in [-0.39, 0.29) is 0 Å². The molecule has 4 heteroatoms. The molecule has 94 valence electrons. The van der Waals surface area contributed by atoms with E-state index in [4.69, 9.17) is 28.9 Å². The van der Waals surface area contributed by atoms with Crippen LogP contribution < -0.4 is 11.1 Å². The fraction of sp³-hybridized carbons (Fsp3) is 0.538. The van der Waals surface area contributed by atoms with Crippen molar-refractivity contribution in [3.05, 3.63) is 27.7 Å². The molecular formula is C13H18Cl2N2. The molecule has 2 nitrogen and oxygen atoms in total. The highest BCUT2D eigenvalue weighted by Gasteiger charge is 2.39. The van der Waals surface area contributed by atoms with Crippen LogP contribution in [0.15, 0.2) is 12.1 Å². The van der Waals surface area contributed by atoms with Crippen molar-refractivity contribution in [1.29, 1.82) is 0 Å². The van der Waals surface area contributed by atoms with E-state index >= 15 is 0 Å². The summed E-state index contributed by atoms with van der Waals surface area (Å²) in [5, 5.41) is 4.54. The Hall–Kier alpha value is -0.440. The van der Waals surface area contributed by atoms with Gasteiger partial charge in [0.05, 0.1) is 15.7 Å². The summed E-state index contributed by atoms with van der Waals surface area (Å²) in [5.74, 6) is 0. The summed E-state index contributed by atoms with van der Waals surface area (Å²) in [6.45, 7) is 4.12. The lowest BCUT2D eigenvalue weighted by atomic mass is 10.0. The van der Waals surface area contributed by atoms with Crippen molar-refractivity contribution < 1.29 is 0 Å². The van der Waals surface area contributed by atoms with Crippen LogP contribution in [0.1, 0.15) is 31.7 Å². The highest BCUT2D eigenvalue weighted by molar-refractivity contribution is 6.38. The van der Waals surface area contributed by atoms with Gasteiger partial charge in [0, 0.05) is 13.1 Å². The normalized spacial score (nSPS) is 17.1. The molecule has 1 aliphatic carbocycles. The fourth-order valence-corrected chi connectivity index (χ4v) is 2.58. The van der Waals surface area contributed by atoms with Crippen LogP contribution in [0.5, 0.6) is 0 Å². The second-order valence-corrected chi connectivity index (χ2v) is 5.74. The summed E-state index contributed by atoms with van der Waals surface area (Å²) in [4.78, 5) is 0. The van der Waals surface area contributed by atoms with Crippen LogP contribution in [0.25, 0.3) is 0 Å². The molecule has 0 radical (unpaired) electrons. The first-order chi connectivity index (χ1) is 8.06. The molecule has 0 aliphatic heterocycles. The molecule has 17 heavy (non-hydrogen) atoms. The molecule has 0 aromatic heterocycles. The zero-order chi connectivity index (χ0) is 12.5. The Labute approximate surface area is 112 Å². The lowest BCUT2D eigenvalue weighted by Gasteiger charge is -2.14. The minimum atomic E-state index is 0.462. The third-order valence-corrected chi connectivity index (χ3v) is 4.30. The lowest BCUT2D eigenvalue weighted by molar-refractivity contribution is 0.443. The molecule has 0 saturated heterocycles. The first kappa shape index (κ1) is 13.0. The van der Waals surface area contributed by atoms with E-state index in [1.54, 1.807) is 0 Å². The smallest absolute Gasteiger partial charge is 0.0693 e. The van der Waals surface area contributed by atoms with Gasteiger partial charge in [-0.2, -0.15) is 0 Å². The molecule has 0 amide bonds. The predicted molar refractivity (Wildman–Crippen MR) is 74.5 cm³/mol. The van der Waals surface area contributed by atoms with Gasteiger partial charge < -0.3 is 11.1 Å². The molecule has 0 atom stereocenters. The molecule has 1 saturated carbocycles. The van der Waals surface area contributed by atoms with Crippen molar-refractivity contribution in [3.8, 4) is 0 Å². The Morgan fingerprint density at radius 2 is 1.88 bits per heavy atom. The Kier molecular flexibility index (Phi) is 3.86. The van der Waals surface area contributed by atoms with Crippen LogP contribution >= 0.6 is 23.2 Å². The van der Waals surface area contributed by atoms with Crippen molar-refractivity contribution in [2.75, 3.05) is 12.3 Å². The molecule has 3 N–H and O–H groups in total. The van der Waals surface area contributed by atoms with Crippen molar-refractivity contribution in [2.24, 2.45) is 5.41 Å². The van der Waals surface area contributed by atoms with Gasteiger partial charge in [0.2, 0.25) is 0 Å². The lowest BCUT2D eigenvalue weighted by Crippen LogP contribution is -2.23. The van der Waals surface area contributed by atoms with Crippen molar-refractivity contribution in [3.63, 3.8) is 0 Å². The number of benzene rings is 1. The molecule has 0 unspecified atom stereocenters. The first-order valence-electron chi connectivity index (χ1n) is 6.00. The average molecular weight is 273 g/mol. The van der Waals surface area contributed by atoms with E-state index < -0.39 is 0 Å². The van der Waals surface area contributed by atoms with Crippen LogP contribution in [0, 0.1) is 5.41 Å². The zero-order valence-corrected chi connectivity index (χ0v) is 11.5. The largest absolute Gasteiger partial charge is 0.396 e. The van der Waals surface area contributed by atoms with Gasteiger partial charge >= 0.3 is 0 Å². The minimum absolute atomic E-state index is 0.462. The maximum Gasteiger partial charge on any atom is 0.0693 e. The number of nitrogens with one attached hydrogen (secondary N) is 1. The van der Waals surface area contributed by atoms with Crippen molar-refractivity contribution >= 4 is 28.9 Å². The maximum atomic E-state index is 5.99. The standard InChI is InChI=1S/C13H18Cl2N2/c1-2-13(3-4-13)8-17-7-9-5-10(14)12(16)11(15)6-9/h5-6,17H,2-4,7-8,16H2,1H3. The number of rotatable bonds is 5. The number of hydrogen-bond donors (Lipinski definition) is 2. The van der Waals surface area contributed by atoms with Gasteiger partial charge in [-0.1, -0.05) is 30.1 Å². The average Bonchev–Trinajstić information content (AvgIpc) is 3.06. The predicted octanol–water partition coefficient (Wildman–Crippen LogP) is 3.86. The highest BCUT2D eigenvalue weighted by atomic mass is 35.5. The minimum Gasteiger partial charge on any atom is -0.396 e. The van der Waals surface area contributed by atoms with Crippen LogP contribution in [0.2, 0.25) is 10.0 Å². The molecule has 1 fully saturated rings. The van der Waals surface area contributed by atoms with Gasteiger partial charge in [0.15, 0.2) is 0 Å². The number of nitrogens with two attached hydrogens (primary N) is 1. The molecule has 0 spiro atoms. The van der Waals surface area contributed by atoms with Gasteiger partial charge in [-0.05, 0) is 42.4 Å². The second-order valence-electron chi connectivity index (χ2n) is 4.93. The summed E-state index contributed by atoms with van der Waals surface area (Å²) < 4.78 is 0. The molecule has 0 heterocycles. The third-order valence-electron chi connectivity index (χ3n) is 3.68. The fourth-order valence-electron chi connectivity index (χ4n) is 2.04. The molecule has 1 aliphatic rings. The molecule has 1 aromatic carbocycles. The van der Waals surface area contributed by atoms with Gasteiger partial charge in [0.1, 0.15) is 0 Å². The van der Waals surface area contributed by atoms with Gasteiger partial charge in [-0.3, -0.25) is 0 Å². The van der Waals surface area contributed by atoms with Gasteiger partial charge in [-0.15, -0.1) is 0 Å². The Bertz CT molecular complexity index is 391. The summed E-state index contributed by atoms with van der Waals surface area (Å²) in [6, 6.07) is 3.75. The van der Waals surface area contributed by atoms with E-state index in [0.717, 1.165) is 18.7 Å². The Balaban J connectivity index is 1.91. The summed E-state index contributed by atoms with van der Waals surface area (Å²) in [7, 11) is 0. The van der Waals surface area contributed by atoms with Crippen LogP contribution in [0.3, 0.4) is 0 Å². The SMILES string of the molecule is CCC1(CNCc2cc(Cl)c(N)c(Cl)c2)CC1. The summed E-state index contributed by atoms with van der Waals surface area (Å²) in [6.07, 6.45) is 3.95. The number of halogens is 2. The first-order valence-corrected chi connectivity index (χ1v) is 6.76. The third kappa shape index (κ3) is 3.06. The maximum absolute atomic E-state index is 5.99. The van der Waals surface area contributed by atoms with Crippen molar-refractivity contribution in [2.45, 2.75) is 32.7 Å². The molecular weight excluding hydrogens is 255 g/mol. The summed E-state index contributed by atoms with van der Waals surface area (Å²) in [5.41, 5.74) is 7.80. The van der Waals surface area contributed by atoms with E-state index in [2.05, 4.69) is 12.2 Å².